The Morgan fingerprint density at radius 2 is 1.57 bits per heavy atom. The Bertz CT molecular complexity index is 1280. The number of H-pyrrole nitrogens is 1. The number of aromatic amines is 1. The van der Waals surface area contributed by atoms with Gasteiger partial charge in [-0.05, 0) is 67.3 Å². The molecule has 9 heteroatoms. The first-order valence-corrected chi connectivity index (χ1v) is 12.1. The molecule has 2 atom stereocenters. The smallest absolute Gasteiger partial charge is 0.226 e. The first-order valence-electron chi connectivity index (χ1n) is 11.8. The van der Waals surface area contributed by atoms with Gasteiger partial charge in [-0.25, -0.2) is 13.8 Å². The summed E-state index contributed by atoms with van der Waals surface area (Å²) in [6.45, 7) is 7.59. The second-order valence-electron chi connectivity index (χ2n) is 9.10. The van der Waals surface area contributed by atoms with Crippen LogP contribution in [-0.4, -0.2) is 50.0 Å². The number of hydrogen-bond acceptors (Lipinski definition) is 5. The number of nitrogens with zero attached hydrogens (tertiary/aromatic N) is 5. The second kappa shape index (κ2) is 9.51. The number of imidazole rings is 1. The van der Waals surface area contributed by atoms with E-state index in [-0.39, 0.29) is 35.0 Å². The van der Waals surface area contributed by atoms with Crippen LogP contribution in [0.2, 0.25) is 5.28 Å². The van der Waals surface area contributed by atoms with Gasteiger partial charge in [-0.15, -0.1) is 0 Å². The molecule has 4 aromatic rings. The molecule has 2 aromatic carbocycles. The standard InChI is InChI=1S/C26H27ClF2N6/c1-4-21-14-34(25-22-24(31-16(3)30-22)32-26(27)33-25)15(2)13-35(21)23(17-5-9-19(28)10-6-17)18-7-11-20(29)12-8-18/h5-12,15,21,23H,4,13-14H2,1-3H3,(H,30,31,32,33)/t15-,21+/m0/s1. The van der Waals surface area contributed by atoms with Crippen molar-refractivity contribution in [2.75, 3.05) is 18.0 Å². The summed E-state index contributed by atoms with van der Waals surface area (Å²) in [6, 6.07) is 13.2. The summed E-state index contributed by atoms with van der Waals surface area (Å²) in [7, 11) is 0. The van der Waals surface area contributed by atoms with Crippen molar-refractivity contribution >= 4 is 28.6 Å². The van der Waals surface area contributed by atoms with Crippen molar-refractivity contribution < 1.29 is 8.78 Å². The first-order chi connectivity index (χ1) is 16.8. The zero-order valence-electron chi connectivity index (χ0n) is 19.8. The molecule has 1 fully saturated rings. The van der Waals surface area contributed by atoms with Gasteiger partial charge >= 0.3 is 0 Å². The predicted molar refractivity (Wildman–Crippen MR) is 134 cm³/mol. The number of nitrogens with one attached hydrogen (secondary N) is 1. The molecule has 1 saturated heterocycles. The fourth-order valence-corrected chi connectivity index (χ4v) is 5.24. The molecule has 0 bridgehead atoms. The number of halogens is 3. The van der Waals surface area contributed by atoms with Crippen molar-refractivity contribution in [3.8, 4) is 0 Å². The van der Waals surface area contributed by atoms with Crippen molar-refractivity contribution in [2.24, 2.45) is 0 Å². The first kappa shape index (κ1) is 23.6. The third-order valence-corrected chi connectivity index (χ3v) is 6.92. The van der Waals surface area contributed by atoms with E-state index in [1.54, 1.807) is 0 Å². The molecule has 0 spiro atoms. The molecule has 3 heterocycles. The molecule has 6 nitrogen and oxygen atoms in total. The summed E-state index contributed by atoms with van der Waals surface area (Å²) in [5.74, 6) is 0.908. The Hall–Kier alpha value is -3.10. The molecular formula is C26H27ClF2N6. The minimum atomic E-state index is -0.282. The van der Waals surface area contributed by atoms with Crippen LogP contribution in [-0.2, 0) is 0 Å². The van der Waals surface area contributed by atoms with Gasteiger partial charge in [-0.2, -0.15) is 9.97 Å². The van der Waals surface area contributed by atoms with Crippen LogP contribution in [0.1, 0.15) is 43.3 Å². The molecule has 182 valence electrons. The van der Waals surface area contributed by atoms with Gasteiger partial charge in [-0.3, -0.25) is 4.90 Å². The number of benzene rings is 2. The summed E-state index contributed by atoms with van der Waals surface area (Å²) >= 11 is 6.27. The topological polar surface area (TPSA) is 60.9 Å². The van der Waals surface area contributed by atoms with Gasteiger partial charge in [0.15, 0.2) is 17.0 Å². The molecule has 0 unspecified atom stereocenters. The largest absolute Gasteiger partial charge is 0.349 e. The number of hydrogen-bond donors (Lipinski definition) is 1. The molecule has 1 N–H and O–H groups in total. The van der Waals surface area contributed by atoms with E-state index in [0.29, 0.717) is 24.3 Å². The molecule has 5 rings (SSSR count). The van der Waals surface area contributed by atoms with E-state index in [0.717, 1.165) is 29.2 Å². The third-order valence-electron chi connectivity index (χ3n) is 6.75. The summed E-state index contributed by atoms with van der Waals surface area (Å²) in [5, 5.41) is 0.175. The average molecular weight is 497 g/mol. The van der Waals surface area contributed by atoms with Gasteiger partial charge in [0.2, 0.25) is 5.28 Å². The Morgan fingerprint density at radius 1 is 0.971 bits per heavy atom. The summed E-state index contributed by atoms with van der Waals surface area (Å²) in [6.07, 6.45) is 0.879. The van der Waals surface area contributed by atoms with Crippen LogP contribution >= 0.6 is 11.6 Å². The van der Waals surface area contributed by atoms with Gasteiger partial charge in [0.1, 0.15) is 17.5 Å². The van der Waals surface area contributed by atoms with Gasteiger partial charge < -0.3 is 9.88 Å². The van der Waals surface area contributed by atoms with Crippen LogP contribution < -0.4 is 4.90 Å². The van der Waals surface area contributed by atoms with E-state index in [4.69, 9.17) is 11.6 Å². The number of aromatic nitrogens is 4. The maximum Gasteiger partial charge on any atom is 0.226 e. The number of rotatable bonds is 5. The predicted octanol–water partition coefficient (Wildman–Crippen LogP) is 5.67. The molecule has 0 amide bonds. The number of piperazine rings is 1. The zero-order chi connectivity index (χ0) is 24.7. The summed E-state index contributed by atoms with van der Waals surface area (Å²) < 4.78 is 27.5. The van der Waals surface area contributed by atoms with Gasteiger partial charge in [0.25, 0.3) is 0 Å². The maximum absolute atomic E-state index is 13.8. The fourth-order valence-electron chi connectivity index (χ4n) is 5.08. The van der Waals surface area contributed by atoms with Crippen LogP contribution in [0.25, 0.3) is 11.2 Å². The van der Waals surface area contributed by atoms with Gasteiger partial charge in [0, 0.05) is 25.2 Å². The molecule has 1 aliphatic rings. The van der Waals surface area contributed by atoms with Gasteiger partial charge in [0.05, 0.1) is 6.04 Å². The van der Waals surface area contributed by atoms with Crippen molar-refractivity contribution in [2.45, 2.75) is 45.3 Å². The average Bonchev–Trinajstić information content (AvgIpc) is 3.21. The van der Waals surface area contributed by atoms with Crippen molar-refractivity contribution in [3.63, 3.8) is 0 Å². The highest BCUT2D eigenvalue weighted by atomic mass is 35.5. The highest BCUT2D eigenvalue weighted by Gasteiger charge is 2.37. The highest BCUT2D eigenvalue weighted by Crippen LogP contribution is 2.36. The van der Waals surface area contributed by atoms with E-state index in [2.05, 4.69) is 43.6 Å². The quantitative estimate of drug-likeness (QED) is 0.361. The van der Waals surface area contributed by atoms with E-state index in [1.807, 2.05) is 31.2 Å². The molecular weight excluding hydrogens is 470 g/mol. The van der Waals surface area contributed by atoms with Crippen molar-refractivity contribution in [1.82, 2.24) is 24.8 Å². The van der Waals surface area contributed by atoms with Gasteiger partial charge in [-0.1, -0.05) is 31.2 Å². The number of anilines is 1. The van der Waals surface area contributed by atoms with E-state index in [9.17, 15) is 8.78 Å². The van der Waals surface area contributed by atoms with Crippen LogP contribution in [0, 0.1) is 18.6 Å². The van der Waals surface area contributed by atoms with E-state index in [1.165, 1.54) is 24.3 Å². The SMILES string of the molecule is CC[C@@H]1CN(c2nc(Cl)nc3[nH]c(C)nc23)[C@@H](C)CN1C(c1ccc(F)cc1)c1ccc(F)cc1. The Labute approximate surface area is 208 Å². The van der Waals surface area contributed by atoms with Crippen LogP contribution in [0.15, 0.2) is 48.5 Å². The highest BCUT2D eigenvalue weighted by molar-refractivity contribution is 6.28. The lowest BCUT2D eigenvalue weighted by Gasteiger charge is -2.49. The Balaban J connectivity index is 1.54. The fraction of sp³-hybridized carbons (Fsp3) is 0.346. The summed E-state index contributed by atoms with van der Waals surface area (Å²) in [5.41, 5.74) is 3.26. The van der Waals surface area contributed by atoms with E-state index >= 15 is 0 Å². The minimum Gasteiger partial charge on any atom is -0.349 e. The Morgan fingerprint density at radius 3 is 2.14 bits per heavy atom. The zero-order valence-corrected chi connectivity index (χ0v) is 20.6. The lowest BCUT2D eigenvalue weighted by Crippen LogP contribution is -2.58. The Kier molecular flexibility index (Phi) is 6.42. The lowest BCUT2D eigenvalue weighted by molar-refractivity contribution is 0.115. The lowest BCUT2D eigenvalue weighted by atomic mass is 9.92. The number of aryl methyl sites for hydroxylation is 1. The molecule has 0 saturated carbocycles. The van der Waals surface area contributed by atoms with E-state index < -0.39 is 0 Å². The summed E-state index contributed by atoms with van der Waals surface area (Å²) in [4.78, 5) is 21.3. The minimum absolute atomic E-state index is 0.0763. The normalized spacial score (nSPS) is 19.1. The number of fused-ring (bicyclic) bond motifs is 1. The van der Waals surface area contributed by atoms with Crippen molar-refractivity contribution in [3.05, 3.63) is 82.4 Å². The molecule has 1 aliphatic heterocycles. The van der Waals surface area contributed by atoms with Crippen LogP contribution in [0.3, 0.4) is 0 Å². The molecule has 0 aliphatic carbocycles. The molecule has 35 heavy (non-hydrogen) atoms. The second-order valence-corrected chi connectivity index (χ2v) is 9.44. The van der Waals surface area contributed by atoms with Crippen molar-refractivity contribution in [1.29, 1.82) is 0 Å². The van der Waals surface area contributed by atoms with Crippen LogP contribution in [0.4, 0.5) is 14.6 Å². The maximum atomic E-state index is 13.8. The molecule has 2 aromatic heterocycles. The third kappa shape index (κ3) is 4.60. The molecule has 0 radical (unpaired) electrons. The van der Waals surface area contributed by atoms with Crippen LogP contribution in [0.5, 0.6) is 0 Å². The monoisotopic (exact) mass is 496 g/mol.